The molecule has 0 spiro atoms. The second-order valence-corrected chi connectivity index (χ2v) is 5.94. The molecule has 5 nitrogen and oxygen atoms in total. The number of rotatable bonds is 3. The van der Waals surface area contributed by atoms with E-state index in [0.29, 0.717) is 17.7 Å². The summed E-state index contributed by atoms with van der Waals surface area (Å²) in [5.41, 5.74) is 2.04. The average Bonchev–Trinajstić information content (AvgIpc) is 3.02. The van der Waals surface area contributed by atoms with Gasteiger partial charge < -0.3 is 15.2 Å². The molecule has 1 aliphatic heterocycles. The zero-order chi connectivity index (χ0) is 18.5. The summed E-state index contributed by atoms with van der Waals surface area (Å²) in [6.07, 6.45) is -0.381. The molecule has 2 aromatic rings. The Kier molecular flexibility index (Phi) is 5.23. The lowest BCUT2D eigenvalue weighted by molar-refractivity contribution is -0.123. The summed E-state index contributed by atoms with van der Waals surface area (Å²) < 4.78 is 5.67. The number of carbonyl (C=O) groups excluding carboxylic acids is 1. The monoisotopic (exact) mass is 348 g/mol. The van der Waals surface area contributed by atoms with Gasteiger partial charge in [-0.2, -0.15) is 0 Å². The van der Waals surface area contributed by atoms with Gasteiger partial charge in [0.1, 0.15) is 11.9 Å². The van der Waals surface area contributed by atoms with Crippen molar-refractivity contribution in [2.24, 2.45) is 4.99 Å². The van der Waals surface area contributed by atoms with E-state index in [-0.39, 0.29) is 23.7 Å². The second kappa shape index (κ2) is 7.75. The van der Waals surface area contributed by atoms with E-state index in [0.717, 1.165) is 5.56 Å². The first kappa shape index (κ1) is 17.6. The molecule has 0 unspecified atom stereocenters. The summed E-state index contributed by atoms with van der Waals surface area (Å²) in [5, 5.41) is 13.1. The van der Waals surface area contributed by atoms with Crippen LogP contribution in [0.15, 0.2) is 53.5 Å². The first-order chi connectivity index (χ1) is 12.6. The van der Waals surface area contributed by atoms with Gasteiger partial charge in [0.15, 0.2) is 6.04 Å². The highest BCUT2D eigenvalue weighted by Gasteiger charge is 2.34. The zero-order valence-electron chi connectivity index (χ0n) is 14.7. The van der Waals surface area contributed by atoms with E-state index in [1.165, 1.54) is 0 Å². The van der Waals surface area contributed by atoms with Crippen molar-refractivity contribution in [3.8, 4) is 17.6 Å². The van der Waals surface area contributed by atoms with Crippen molar-refractivity contribution in [2.75, 3.05) is 6.54 Å². The van der Waals surface area contributed by atoms with Gasteiger partial charge in [-0.3, -0.25) is 4.79 Å². The SMILES string of the molecule is CCNC(=O)[C@H]1N=C(c2ccc(C#Cc3ccccc3)cc2O)O[C@@H]1C. The standard InChI is InChI=1S/C21H20N2O3/c1-3-22-20(25)19-14(2)26-21(23-19)17-12-11-16(13-18(17)24)10-9-15-7-5-4-6-8-15/h4-8,11-14,19,24H,3H2,1-2H3,(H,22,25)/t14-,19+/m1/s1. The number of hydrogen-bond donors (Lipinski definition) is 2. The molecule has 2 N–H and O–H groups in total. The van der Waals surface area contributed by atoms with Crippen LogP contribution in [0.25, 0.3) is 0 Å². The van der Waals surface area contributed by atoms with E-state index in [1.54, 1.807) is 25.1 Å². The minimum Gasteiger partial charge on any atom is -0.507 e. The maximum atomic E-state index is 12.0. The number of nitrogens with zero attached hydrogens (tertiary/aromatic N) is 1. The second-order valence-electron chi connectivity index (χ2n) is 5.94. The predicted octanol–water partition coefficient (Wildman–Crippen LogP) is 2.46. The van der Waals surface area contributed by atoms with Gasteiger partial charge in [0, 0.05) is 17.7 Å². The van der Waals surface area contributed by atoms with Crippen LogP contribution < -0.4 is 5.32 Å². The Labute approximate surface area is 152 Å². The lowest BCUT2D eigenvalue weighted by Gasteiger charge is -2.12. The summed E-state index contributed by atoms with van der Waals surface area (Å²) >= 11 is 0. The fourth-order valence-corrected chi connectivity index (χ4v) is 2.64. The number of phenolic OH excluding ortho intramolecular Hbond substituents is 1. The molecule has 2 atom stereocenters. The summed E-state index contributed by atoms with van der Waals surface area (Å²) in [6.45, 7) is 4.17. The van der Waals surface area contributed by atoms with Crippen LogP contribution in [0.2, 0.25) is 0 Å². The topological polar surface area (TPSA) is 70.9 Å². The highest BCUT2D eigenvalue weighted by atomic mass is 16.5. The number of ether oxygens (including phenoxy) is 1. The van der Waals surface area contributed by atoms with E-state index in [9.17, 15) is 9.90 Å². The highest BCUT2D eigenvalue weighted by molar-refractivity contribution is 6.00. The summed E-state index contributed by atoms with van der Waals surface area (Å²) in [7, 11) is 0. The molecule has 132 valence electrons. The lowest BCUT2D eigenvalue weighted by Crippen LogP contribution is -2.38. The molecule has 5 heteroatoms. The Bertz CT molecular complexity index is 894. The number of carbonyl (C=O) groups is 1. The van der Waals surface area contributed by atoms with Crippen molar-refractivity contribution >= 4 is 11.8 Å². The minimum atomic E-state index is -0.609. The van der Waals surface area contributed by atoms with Crippen molar-refractivity contribution in [1.29, 1.82) is 0 Å². The van der Waals surface area contributed by atoms with E-state index < -0.39 is 6.04 Å². The van der Waals surface area contributed by atoms with Crippen LogP contribution in [0.4, 0.5) is 0 Å². The van der Waals surface area contributed by atoms with Crippen LogP contribution in [-0.4, -0.2) is 35.6 Å². The molecule has 0 bridgehead atoms. The third-order valence-electron chi connectivity index (χ3n) is 3.97. The number of nitrogens with one attached hydrogen (secondary N) is 1. The van der Waals surface area contributed by atoms with Crippen LogP contribution in [-0.2, 0) is 9.53 Å². The molecular formula is C21H20N2O3. The molecule has 3 rings (SSSR count). The van der Waals surface area contributed by atoms with E-state index in [4.69, 9.17) is 4.74 Å². The summed E-state index contributed by atoms with van der Waals surface area (Å²) in [5.74, 6) is 6.17. The van der Waals surface area contributed by atoms with Gasteiger partial charge in [-0.25, -0.2) is 4.99 Å². The predicted molar refractivity (Wildman–Crippen MR) is 100 cm³/mol. The molecule has 0 radical (unpaired) electrons. The molecule has 0 fully saturated rings. The maximum absolute atomic E-state index is 12.0. The molecule has 26 heavy (non-hydrogen) atoms. The van der Waals surface area contributed by atoms with Crippen molar-refractivity contribution in [1.82, 2.24) is 5.32 Å². The van der Waals surface area contributed by atoms with Gasteiger partial charge in [-0.05, 0) is 44.2 Å². The van der Waals surface area contributed by atoms with Crippen molar-refractivity contribution in [3.05, 3.63) is 65.2 Å². The van der Waals surface area contributed by atoms with E-state index >= 15 is 0 Å². The summed E-state index contributed by atoms with van der Waals surface area (Å²) in [4.78, 5) is 16.3. The van der Waals surface area contributed by atoms with E-state index in [1.807, 2.05) is 37.3 Å². The zero-order valence-corrected chi connectivity index (χ0v) is 14.7. The number of likely N-dealkylation sites (N-methyl/N-ethyl adjacent to an activating group) is 1. The molecule has 1 heterocycles. The van der Waals surface area contributed by atoms with Gasteiger partial charge in [0.05, 0.1) is 5.56 Å². The number of hydrogen-bond acceptors (Lipinski definition) is 4. The van der Waals surface area contributed by atoms with E-state index in [2.05, 4.69) is 22.2 Å². The third kappa shape index (κ3) is 3.86. The van der Waals surface area contributed by atoms with Gasteiger partial charge in [0.2, 0.25) is 11.8 Å². The molecule has 1 amide bonds. The largest absolute Gasteiger partial charge is 0.507 e. The first-order valence-corrected chi connectivity index (χ1v) is 8.51. The molecule has 0 saturated heterocycles. The van der Waals surface area contributed by atoms with Crippen molar-refractivity contribution in [3.63, 3.8) is 0 Å². The first-order valence-electron chi connectivity index (χ1n) is 8.51. The highest BCUT2D eigenvalue weighted by Crippen LogP contribution is 2.25. The number of phenols is 1. The van der Waals surface area contributed by atoms with Gasteiger partial charge in [-0.1, -0.05) is 30.0 Å². The number of aromatic hydroxyl groups is 1. The van der Waals surface area contributed by atoms with Gasteiger partial charge in [0.25, 0.3) is 0 Å². The van der Waals surface area contributed by atoms with Crippen LogP contribution in [0.1, 0.15) is 30.5 Å². The Hall–Kier alpha value is -3.26. The molecular weight excluding hydrogens is 328 g/mol. The quantitative estimate of drug-likeness (QED) is 0.837. The van der Waals surface area contributed by atoms with Gasteiger partial charge >= 0.3 is 0 Å². The van der Waals surface area contributed by atoms with Crippen LogP contribution >= 0.6 is 0 Å². The Morgan fingerprint density at radius 2 is 1.92 bits per heavy atom. The molecule has 0 saturated carbocycles. The number of aliphatic imine (C=N–C) groups is 1. The smallest absolute Gasteiger partial charge is 0.248 e. The lowest BCUT2D eigenvalue weighted by atomic mass is 10.1. The number of amides is 1. The minimum absolute atomic E-state index is 0.0207. The van der Waals surface area contributed by atoms with Crippen molar-refractivity contribution < 1.29 is 14.6 Å². The molecule has 1 aliphatic rings. The van der Waals surface area contributed by atoms with Crippen LogP contribution in [0, 0.1) is 11.8 Å². The Morgan fingerprint density at radius 1 is 1.19 bits per heavy atom. The average molecular weight is 348 g/mol. The van der Waals surface area contributed by atoms with Crippen LogP contribution in [0.5, 0.6) is 5.75 Å². The third-order valence-corrected chi connectivity index (χ3v) is 3.97. The maximum Gasteiger partial charge on any atom is 0.248 e. The molecule has 0 aromatic heterocycles. The fraction of sp³-hybridized carbons (Fsp3) is 0.238. The van der Waals surface area contributed by atoms with Crippen LogP contribution in [0.3, 0.4) is 0 Å². The van der Waals surface area contributed by atoms with Crippen molar-refractivity contribution in [2.45, 2.75) is 26.0 Å². The van der Waals surface area contributed by atoms with Gasteiger partial charge in [-0.15, -0.1) is 0 Å². The Morgan fingerprint density at radius 3 is 2.62 bits per heavy atom. The molecule has 0 aliphatic carbocycles. The summed E-state index contributed by atoms with van der Waals surface area (Å²) in [6, 6.07) is 14.1. The fourth-order valence-electron chi connectivity index (χ4n) is 2.64. The number of benzene rings is 2. The normalized spacial score (nSPS) is 18.3. The molecule has 2 aromatic carbocycles. The Balaban J connectivity index is 1.81.